The topological polar surface area (TPSA) is 106 Å². The minimum atomic E-state index is -0.983. The molecule has 1 N–H and O–H groups in total. The number of hydrogen-bond acceptors (Lipinski definition) is 7. The third kappa shape index (κ3) is 5.03. The van der Waals surface area contributed by atoms with Gasteiger partial charge in [-0.15, -0.1) is 0 Å². The first-order valence-electron chi connectivity index (χ1n) is 11.7. The van der Waals surface area contributed by atoms with E-state index >= 15 is 0 Å². The number of aromatic nitrogens is 5. The van der Waals surface area contributed by atoms with Crippen LogP contribution in [0.4, 0.5) is 5.69 Å². The van der Waals surface area contributed by atoms with E-state index in [1.54, 1.807) is 47.2 Å². The van der Waals surface area contributed by atoms with E-state index in [2.05, 4.69) is 20.0 Å². The molecule has 0 spiro atoms. The van der Waals surface area contributed by atoms with Crippen LogP contribution >= 0.6 is 11.6 Å². The maximum absolute atomic E-state index is 11.6. The molecule has 1 aliphatic rings. The van der Waals surface area contributed by atoms with Crippen LogP contribution in [0, 0.1) is 0 Å². The third-order valence-corrected chi connectivity index (χ3v) is 6.43. The molecule has 11 heteroatoms. The summed E-state index contributed by atoms with van der Waals surface area (Å²) in [6, 6.07) is 14.3. The van der Waals surface area contributed by atoms with Crippen LogP contribution in [0.5, 0.6) is 0 Å². The van der Waals surface area contributed by atoms with E-state index in [4.69, 9.17) is 21.3 Å². The molecule has 5 heterocycles. The van der Waals surface area contributed by atoms with Crippen molar-refractivity contribution in [2.75, 3.05) is 31.2 Å². The first-order chi connectivity index (χ1) is 18.1. The third-order valence-electron chi connectivity index (χ3n) is 6.24. The van der Waals surface area contributed by atoms with Gasteiger partial charge < -0.3 is 16.2 Å². The SMILES string of the molecule is O=C(O)c1cccc2nc(/C=C/c3nc4c(N5CCOCC5)cc(Cl)nn4c3-c3cccnc3)ccc12.[H-].[Na+]. The number of aromatic carboxylic acids is 1. The first-order valence-corrected chi connectivity index (χ1v) is 12.1. The summed E-state index contributed by atoms with van der Waals surface area (Å²) in [7, 11) is 0. The zero-order chi connectivity index (χ0) is 25.4. The Labute approximate surface area is 246 Å². The van der Waals surface area contributed by atoms with Crippen molar-refractivity contribution >= 4 is 52.0 Å². The number of fused-ring (bicyclic) bond motifs is 2. The van der Waals surface area contributed by atoms with E-state index < -0.39 is 5.97 Å². The number of ether oxygens (including phenoxy) is 1. The zero-order valence-corrected chi connectivity index (χ0v) is 23.3. The number of morpholine rings is 1. The minimum Gasteiger partial charge on any atom is -1.00 e. The molecule has 4 aromatic heterocycles. The summed E-state index contributed by atoms with van der Waals surface area (Å²) in [6.45, 7) is 2.73. The Hall–Kier alpha value is -3.34. The molecule has 6 rings (SSSR count). The monoisotopic (exact) mass is 536 g/mol. The largest absolute Gasteiger partial charge is 1.00 e. The van der Waals surface area contributed by atoms with Crippen LogP contribution in [-0.4, -0.2) is 61.9 Å². The van der Waals surface area contributed by atoms with Crippen LogP contribution in [-0.2, 0) is 4.74 Å². The maximum Gasteiger partial charge on any atom is 1.00 e. The Morgan fingerprint density at radius 3 is 2.68 bits per heavy atom. The van der Waals surface area contributed by atoms with Gasteiger partial charge in [0.2, 0.25) is 0 Å². The van der Waals surface area contributed by atoms with Crippen molar-refractivity contribution in [2.45, 2.75) is 0 Å². The standard InChI is InChI=1S/C27H21ClN6O3.Na.H/c28-24-15-23(33-11-13-37-14-12-33)26-31-22(25(34(26)32-24)17-3-2-10-29-16-17)9-7-18-6-8-19-20(27(35)36)4-1-5-21(19)30-18;;/h1-10,15-16H,11-14H2,(H,35,36);;/q;+1;-1/b9-7+;;. The average molecular weight is 537 g/mol. The van der Waals surface area contributed by atoms with Gasteiger partial charge >= 0.3 is 35.5 Å². The van der Waals surface area contributed by atoms with Gasteiger partial charge in [-0.25, -0.2) is 19.3 Å². The van der Waals surface area contributed by atoms with Crippen LogP contribution < -0.4 is 34.5 Å². The minimum absolute atomic E-state index is 0. The second-order valence-corrected chi connectivity index (χ2v) is 8.91. The van der Waals surface area contributed by atoms with Gasteiger partial charge in [0.25, 0.3) is 0 Å². The summed E-state index contributed by atoms with van der Waals surface area (Å²) >= 11 is 6.47. The fraction of sp³-hybridized carbons (Fsp3) is 0.148. The molecule has 1 fully saturated rings. The number of carboxylic acids is 1. The zero-order valence-electron chi connectivity index (χ0n) is 21.6. The summed E-state index contributed by atoms with van der Waals surface area (Å²) in [5, 5.41) is 15.0. The number of pyridine rings is 2. The fourth-order valence-electron chi connectivity index (χ4n) is 4.53. The van der Waals surface area contributed by atoms with Crippen molar-refractivity contribution in [3.05, 3.63) is 83.0 Å². The molecule has 1 aliphatic heterocycles. The predicted molar refractivity (Wildman–Crippen MR) is 143 cm³/mol. The molecule has 1 aromatic carbocycles. The molecule has 0 aliphatic carbocycles. The fourth-order valence-corrected chi connectivity index (χ4v) is 4.71. The molecular formula is C27H22ClN6NaO3. The number of benzene rings is 1. The van der Waals surface area contributed by atoms with Gasteiger partial charge in [-0.3, -0.25) is 4.98 Å². The number of imidazole rings is 1. The number of carbonyl (C=O) groups is 1. The van der Waals surface area contributed by atoms with Crippen molar-refractivity contribution < 1.29 is 45.6 Å². The van der Waals surface area contributed by atoms with Gasteiger partial charge in [-0.05, 0) is 48.6 Å². The van der Waals surface area contributed by atoms with E-state index in [1.165, 1.54) is 0 Å². The molecular weight excluding hydrogens is 515 g/mol. The normalized spacial score (nSPS) is 13.8. The molecule has 0 bridgehead atoms. The Morgan fingerprint density at radius 1 is 1.08 bits per heavy atom. The van der Waals surface area contributed by atoms with Gasteiger partial charge in [0.1, 0.15) is 5.69 Å². The van der Waals surface area contributed by atoms with Gasteiger partial charge in [-0.2, -0.15) is 5.10 Å². The molecule has 38 heavy (non-hydrogen) atoms. The summed E-state index contributed by atoms with van der Waals surface area (Å²) in [5.74, 6) is -0.983. The number of rotatable bonds is 5. The first kappa shape index (κ1) is 26.3. The van der Waals surface area contributed by atoms with Crippen molar-refractivity contribution in [1.29, 1.82) is 0 Å². The van der Waals surface area contributed by atoms with Crippen molar-refractivity contribution in [2.24, 2.45) is 0 Å². The van der Waals surface area contributed by atoms with Crippen LogP contribution in [0.2, 0.25) is 5.15 Å². The summed E-state index contributed by atoms with van der Waals surface area (Å²) < 4.78 is 7.28. The number of anilines is 1. The van der Waals surface area contributed by atoms with Crippen molar-refractivity contribution in [1.82, 2.24) is 24.6 Å². The van der Waals surface area contributed by atoms with E-state index in [0.717, 1.165) is 30.0 Å². The second kappa shape index (κ2) is 11.2. The predicted octanol–water partition coefficient (Wildman–Crippen LogP) is 1.81. The van der Waals surface area contributed by atoms with E-state index in [9.17, 15) is 9.90 Å². The van der Waals surface area contributed by atoms with Crippen LogP contribution in [0.3, 0.4) is 0 Å². The molecule has 9 nitrogen and oxygen atoms in total. The molecule has 0 unspecified atom stereocenters. The molecule has 5 aromatic rings. The van der Waals surface area contributed by atoms with Gasteiger partial charge in [0.15, 0.2) is 10.8 Å². The molecule has 0 radical (unpaired) electrons. The number of carboxylic acid groups (broad SMARTS) is 1. The van der Waals surface area contributed by atoms with Crippen LogP contribution in [0.15, 0.2) is 60.9 Å². The van der Waals surface area contributed by atoms with E-state index in [1.807, 2.05) is 30.4 Å². The Kier molecular flexibility index (Phi) is 7.73. The maximum atomic E-state index is 11.6. The molecule has 1 saturated heterocycles. The van der Waals surface area contributed by atoms with Crippen molar-refractivity contribution in [3.63, 3.8) is 0 Å². The average Bonchev–Trinajstić information content (AvgIpc) is 3.29. The summed E-state index contributed by atoms with van der Waals surface area (Å²) in [5.41, 5.74) is 5.34. The Balaban J connectivity index is 0.00000176. The second-order valence-electron chi connectivity index (χ2n) is 8.52. The van der Waals surface area contributed by atoms with Gasteiger partial charge in [-0.1, -0.05) is 17.7 Å². The summed E-state index contributed by atoms with van der Waals surface area (Å²) in [6.07, 6.45) is 7.21. The number of nitrogens with zero attached hydrogens (tertiary/aromatic N) is 6. The molecule has 0 amide bonds. The quantitative estimate of drug-likeness (QED) is 0.339. The number of halogens is 1. The van der Waals surface area contributed by atoms with Crippen LogP contribution in [0.25, 0.3) is 40.0 Å². The molecule has 0 saturated carbocycles. The van der Waals surface area contributed by atoms with Crippen LogP contribution in [0.1, 0.15) is 23.2 Å². The van der Waals surface area contributed by atoms with Gasteiger partial charge in [0.05, 0.1) is 41.4 Å². The number of hydrogen-bond donors (Lipinski definition) is 1. The molecule has 0 atom stereocenters. The summed E-state index contributed by atoms with van der Waals surface area (Å²) in [4.78, 5) is 27.6. The van der Waals surface area contributed by atoms with Crippen molar-refractivity contribution in [3.8, 4) is 11.3 Å². The smallest absolute Gasteiger partial charge is 1.00 e. The van der Waals surface area contributed by atoms with E-state index in [0.29, 0.717) is 46.3 Å². The van der Waals surface area contributed by atoms with E-state index in [-0.39, 0.29) is 36.5 Å². The molecule has 186 valence electrons. The Bertz CT molecular complexity index is 1680. The van der Waals surface area contributed by atoms with Gasteiger partial charge in [0, 0.05) is 42.5 Å². The Morgan fingerprint density at radius 2 is 1.92 bits per heavy atom.